The SMILES string of the molecule is CC(CN1CCOCC1)NCC(O)c1cccc(F)c1. The summed E-state index contributed by atoms with van der Waals surface area (Å²) in [6.45, 7) is 6.94. The first-order chi connectivity index (χ1) is 9.65. The van der Waals surface area contributed by atoms with E-state index >= 15 is 0 Å². The van der Waals surface area contributed by atoms with Gasteiger partial charge in [0, 0.05) is 32.2 Å². The molecular formula is C15H23FN2O2. The number of hydrogen-bond acceptors (Lipinski definition) is 4. The van der Waals surface area contributed by atoms with Gasteiger partial charge in [0.2, 0.25) is 0 Å². The maximum atomic E-state index is 13.1. The first-order valence-corrected chi connectivity index (χ1v) is 7.12. The Morgan fingerprint density at radius 2 is 2.15 bits per heavy atom. The second-order valence-electron chi connectivity index (χ2n) is 5.29. The molecule has 0 bridgehead atoms. The molecule has 0 aromatic heterocycles. The minimum absolute atomic E-state index is 0.274. The van der Waals surface area contributed by atoms with Gasteiger partial charge in [0.15, 0.2) is 0 Å². The summed E-state index contributed by atoms with van der Waals surface area (Å²) in [4.78, 5) is 2.34. The van der Waals surface area contributed by atoms with Crippen LogP contribution in [0.1, 0.15) is 18.6 Å². The second-order valence-corrected chi connectivity index (χ2v) is 5.29. The molecule has 0 saturated carbocycles. The lowest BCUT2D eigenvalue weighted by molar-refractivity contribution is 0.0336. The van der Waals surface area contributed by atoms with E-state index < -0.39 is 6.10 Å². The molecular weight excluding hydrogens is 259 g/mol. The van der Waals surface area contributed by atoms with Gasteiger partial charge in [-0.25, -0.2) is 4.39 Å². The number of rotatable bonds is 6. The van der Waals surface area contributed by atoms with Crippen LogP contribution in [-0.2, 0) is 4.74 Å². The van der Waals surface area contributed by atoms with Crippen molar-refractivity contribution in [3.8, 4) is 0 Å². The van der Waals surface area contributed by atoms with E-state index in [9.17, 15) is 9.50 Å². The van der Waals surface area contributed by atoms with Crippen LogP contribution >= 0.6 is 0 Å². The van der Waals surface area contributed by atoms with Crippen LogP contribution in [0.15, 0.2) is 24.3 Å². The lowest BCUT2D eigenvalue weighted by Crippen LogP contribution is -2.45. The van der Waals surface area contributed by atoms with Gasteiger partial charge >= 0.3 is 0 Å². The minimum Gasteiger partial charge on any atom is -0.387 e. The fraction of sp³-hybridized carbons (Fsp3) is 0.600. The van der Waals surface area contributed by atoms with Crippen molar-refractivity contribution < 1.29 is 14.2 Å². The number of hydrogen-bond donors (Lipinski definition) is 2. The highest BCUT2D eigenvalue weighted by Crippen LogP contribution is 2.13. The quantitative estimate of drug-likeness (QED) is 0.822. The van der Waals surface area contributed by atoms with Crippen molar-refractivity contribution in [3.63, 3.8) is 0 Å². The van der Waals surface area contributed by atoms with Crippen LogP contribution in [-0.4, -0.2) is 55.4 Å². The van der Waals surface area contributed by atoms with Gasteiger partial charge in [-0.15, -0.1) is 0 Å². The molecule has 20 heavy (non-hydrogen) atoms. The number of aliphatic hydroxyl groups excluding tert-OH is 1. The fourth-order valence-corrected chi connectivity index (χ4v) is 2.38. The number of benzene rings is 1. The summed E-state index contributed by atoms with van der Waals surface area (Å²) >= 11 is 0. The molecule has 1 aromatic carbocycles. The summed E-state index contributed by atoms with van der Waals surface area (Å²) in [7, 11) is 0. The Morgan fingerprint density at radius 1 is 1.40 bits per heavy atom. The molecule has 2 rings (SSSR count). The topological polar surface area (TPSA) is 44.7 Å². The van der Waals surface area contributed by atoms with E-state index in [0.717, 1.165) is 32.8 Å². The van der Waals surface area contributed by atoms with E-state index in [1.165, 1.54) is 12.1 Å². The Morgan fingerprint density at radius 3 is 2.85 bits per heavy atom. The summed E-state index contributed by atoms with van der Waals surface area (Å²) in [5.41, 5.74) is 0.607. The van der Waals surface area contributed by atoms with Crippen LogP contribution in [0, 0.1) is 5.82 Å². The predicted octanol–water partition coefficient (Wildman–Crippen LogP) is 1.17. The van der Waals surface area contributed by atoms with Gasteiger partial charge in [-0.2, -0.15) is 0 Å². The summed E-state index contributed by atoms with van der Waals surface area (Å²) in [6.07, 6.45) is -0.683. The number of halogens is 1. The van der Waals surface area contributed by atoms with Crippen molar-refractivity contribution in [2.45, 2.75) is 19.1 Å². The molecule has 0 amide bonds. The fourth-order valence-electron chi connectivity index (χ4n) is 2.38. The molecule has 1 heterocycles. The third-order valence-electron chi connectivity index (χ3n) is 3.53. The maximum absolute atomic E-state index is 13.1. The van der Waals surface area contributed by atoms with E-state index in [1.54, 1.807) is 12.1 Å². The molecule has 2 unspecified atom stereocenters. The van der Waals surface area contributed by atoms with Gasteiger partial charge < -0.3 is 15.2 Å². The summed E-state index contributed by atoms with van der Waals surface area (Å²) < 4.78 is 18.4. The highest BCUT2D eigenvalue weighted by Gasteiger charge is 2.15. The molecule has 112 valence electrons. The maximum Gasteiger partial charge on any atom is 0.123 e. The molecule has 2 atom stereocenters. The van der Waals surface area contributed by atoms with E-state index in [2.05, 4.69) is 17.1 Å². The van der Waals surface area contributed by atoms with Crippen LogP contribution in [0.3, 0.4) is 0 Å². The summed E-state index contributed by atoms with van der Waals surface area (Å²) in [5.74, 6) is -0.317. The summed E-state index contributed by atoms with van der Waals surface area (Å²) in [6, 6.07) is 6.38. The Balaban J connectivity index is 1.73. The zero-order chi connectivity index (χ0) is 14.4. The van der Waals surface area contributed by atoms with E-state index in [4.69, 9.17) is 4.74 Å². The molecule has 5 heteroatoms. The van der Waals surface area contributed by atoms with Crippen molar-refractivity contribution >= 4 is 0 Å². The average Bonchev–Trinajstić information content (AvgIpc) is 2.46. The van der Waals surface area contributed by atoms with Gasteiger partial charge in [0.05, 0.1) is 19.3 Å². The lowest BCUT2D eigenvalue weighted by atomic mass is 10.1. The lowest BCUT2D eigenvalue weighted by Gasteiger charge is -2.29. The molecule has 1 aromatic rings. The van der Waals surface area contributed by atoms with Gasteiger partial charge in [0.25, 0.3) is 0 Å². The van der Waals surface area contributed by atoms with Crippen LogP contribution in [0.4, 0.5) is 4.39 Å². The molecule has 0 aliphatic carbocycles. The predicted molar refractivity (Wildman–Crippen MR) is 76.1 cm³/mol. The Bertz CT molecular complexity index is 411. The van der Waals surface area contributed by atoms with Gasteiger partial charge in [-0.3, -0.25) is 4.90 Å². The third-order valence-corrected chi connectivity index (χ3v) is 3.53. The average molecular weight is 282 g/mol. The Hall–Kier alpha value is -1.01. The zero-order valence-corrected chi connectivity index (χ0v) is 11.9. The van der Waals surface area contributed by atoms with Crippen molar-refractivity contribution in [3.05, 3.63) is 35.6 Å². The van der Waals surface area contributed by atoms with Crippen molar-refractivity contribution in [2.75, 3.05) is 39.4 Å². The Labute approximate surface area is 119 Å². The molecule has 1 fully saturated rings. The first kappa shape index (κ1) is 15.4. The number of morpholine rings is 1. The molecule has 2 N–H and O–H groups in total. The number of aliphatic hydroxyl groups is 1. The highest BCUT2D eigenvalue weighted by atomic mass is 19.1. The van der Waals surface area contributed by atoms with Crippen molar-refractivity contribution in [1.82, 2.24) is 10.2 Å². The summed E-state index contributed by atoms with van der Waals surface area (Å²) in [5, 5.41) is 13.3. The third kappa shape index (κ3) is 4.83. The van der Waals surface area contributed by atoms with Crippen molar-refractivity contribution in [2.24, 2.45) is 0 Å². The molecule has 1 aliphatic rings. The number of nitrogens with zero attached hydrogens (tertiary/aromatic N) is 1. The molecule has 0 spiro atoms. The van der Waals surface area contributed by atoms with Crippen LogP contribution in [0.2, 0.25) is 0 Å². The van der Waals surface area contributed by atoms with Crippen LogP contribution in [0.25, 0.3) is 0 Å². The molecule has 0 radical (unpaired) electrons. The molecule has 1 saturated heterocycles. The van der Waals surface area contributed by atoms with E-state index in [1.807, 2.05) is 0 Å². The first-order valence-electron chi connectivity index (χ1n) is 7.12. The van der Waals surface area contributed by atoms with Gasteiger partial charge in [0.1, 0.15) is 5.82 Å². The van der Waals surface area contributed by atoms with Gasteiger partial charge in [-0.05, 0) is 24.6 Å². The van der Waals surface area contributed by atoms with Crippen LogP contribution < -0.4 is 5.32 Å². The zero-order valence-electron chi connectivity index (χ0n) is 11.9. The normalized spacial score (nSPS) is 19.8. The van der Waals surface area contributed by atoms with Gasteiger partial charge in [-0.1, -0.05) is 12.1 Å². The molecule has 4 nitrogen and oxygen atoms in total. The Kier molecular flexibility index (Phi) is 5.91. The van der Waals surface area contributed by atoms with Crippen molar-refractivity contribution in [1.29, 1.82) is 0 Å². The second kappa shape index (κ2) is 7.69. The van der Waals surface area contributed by atoms with E-state index in [-0.39, 0.29) is 11.9 Å². The molecule has 1 aliphatic heterocycles. The highest BCUT2D eigenvalue weighted by molar-refractivity contribution is 5.18. The largest absolute Gasteiger partial charge is 0.387 e. The van der Waals surface area contributed by atoms with Crippen LogP contribution in [0.5, 0.6) is 0 Å². The minimum atomic E-state index is -0.683. The smallest absolute Gasteiger partial charge is 0.123 e. The standard InChI is InChI=1S/C15H23FN2O2/c1-12(11-18-5-7-20-8-6-18)17-10-15(19)13-3-2-4-14(16)9-13/h2-4,9,12,15,17,19H,5-8,10-11H2,1H3. The number of nitrogens with one attached hydrogen (secondary N) is 1. The van der Waals surface area contributed by atoms with E-state index in [0.29, 0.717) is 12.1 Å². The monoisotopic (exact) mass is 282 g/mol. The number of ether oxygens (including phenoxy) is 1.